The minimum atomic E-state index is 0.439. The van der Waals surface area contributed by atoms with Gasteiger partial charge >= 0.3 is 0 Å². The van der Waals surface area contributed by atoms with Gasteiger partial charge in [0.2, 0.25) is 0 Å². The SMILES string of the molecule is CNCc1nc(CN2CCC(C(C)(C)C)C2)cs1. The highest BCUT2D eigenvalue weighted by molar-refractivity contribution is 7.09. The Bertz CT molecular complexity index is 381. The second-order valence-electron chi connectivity index (χ2n) is 6.35. The zero-order valence-electron chi connectivity index (χ0n) is 12.0. The molecule has 1 aliphatic rings. The average Bonchev–Trinajstić information content (AvgIpc) is 2.88. The zero-order chi connectivity index (χ0) is 13.2. The van der Waals surface area contributed by atoms with E-state index in [1.807, 2.05) is 7.05 Å². The Labute approximate surface area is 115 Å². The molecule has 1 aromatic heterocycles. The van der Waals surface area contributed by atoms with Crippen LogP contribution in [-0.2, 0) is 13.1 Å². The van der Waals surface area contributed by atoms with Gasteiger partial charge in [-0.1, -0.05) is 20.8 Å². The number of hydrogen-bond donors (Lipinski definition) is 1. The van der Waals surface area contributed by atoms with Gasteiger partial charge in [-0.2, -0.15) is 0 Å². The Morgan fingerprint density at radius 3 is 2.89 bits per heavy atom. The van der Waals surface area contributed by atoms with Crippen molar-refractivity contribution >= 4 is 11.3 Å². The van der Waals surface area contributed by atoms with Gasteiger partial charge in [-0.15, -0.1) is 11.3 Å². The van der Waals surface area contributed by atoms with E-state index in [1.54, 1.807) is 11.3 Å². The van der Waals surface area contributed by atoms with Crippen LogP contribution in [0, 0.1) is 11.3 Å². The molecule has 1 fully saturated rings. The highest BCUT2D eigenvalue weighted by atomic mass is 32.1. The summed E-state index contributed by atoms with van der Waals surface area (Å²) in [5.41, 5.74) is 1.67. The fourth-order valence-corrected chi connectivity index (χ4v) is 3.36. The molecule has 2 rings (SSSR count). The number of nitrogens with zero attached hydrogens (tertiary/aromatic N) is 2. The molecule has 1 N–H and O–H groups in total. The lowest BCUT2D eigenvalue weighted by Gasteiger charge is -2.26. The van der Waals surface area contributed by atoms with Crippen LogP contribution in [0.15, 0.2) is 5.38 Å². The molecule has 0 spiro atoms. The van der Waals surface area contributed by atoms with Gasteiger partial charge in [-0.05, 0) is 31.3 Å². The highest BCUT2D eigenvalue weighted by Gasteiger charge is 2.31. The maximum absolute atomic E-state index is 4.67. The molecule has 1 unspecified atom stereocenters. The van der Waals surface area contributed by atoms with Gasteiger partial charge in [-0.3, -0.25) is 4.90 Å². The molecular formula is C14H25N3S. The number of nitrogens with one attached hydrogen (secondary N) is 1. The van der Waals surface area contributed by atoms with Crippen LogP contribution in [0.4, 0.5) is 0 Å². The van der Waals surface area contributed by atoms with Crippen molar-refractivity contribution in [2.75, 3.05) is 20.1 Å². The Balaban J connectivity index is 1.87. The van der Waals surface area contributed by atoms with E-state index in [1.165, 1.54) is 30.2 Å². The third-order valence-electron chi connectivity index (χ3n) is 3.81. The molecule has 18 heavy (non-hydrogen) atoms. The number of aromatic nitrogens is 1. The van der Waals surface area contributed by atoms with Gasteiger partial charge in [-0.25, -0.2) is 4.98 Å². The maximum Gasteiger partial charge on any atom is 0.107 e. The molecule has 1 aliphatic heterocycles. The van der Waals surface area contributed by atoms with E-state index < -0.39 is 0 Å². The second-order valence-corrected chi connectivity index (χ2v) is 7.29. The molecule has 3 nitrogen and oxygen atoms in total. The largest absolute Gasteiger partial charge is 0.314 e. The minimum absolute atomic E-state index is 0.439. The van der Waals surface area contributed by atoms with Crippen molar-refractivity contribution in [1.82, 2.24) is 15.2 Å². The Hall–Kier alpha value is -0.450. The first-order valence-corrected chi connectivity index (χ1v) is 7.67. The quantitative estimate of drug-likeness (QED) is 0.909. The minimum Gasteiger partial charge on any atom is -0.314 e. The predicted octanol–water partition coefficient (Wildman–Crippen LogP) is 2.73. The summed E-state index contributed by atoms with van der Waals surface area (Å²) in [6.45, 7) is 11.4. The van der Waals surface area contributed by atoms with Crippen LogP contribution in [0.5, 0.6) is 0 Å². The Morgan fingerprint density at radius 2 is 2.28 bits per heavy atom. The van der Waals surface area contributed by atoms with Gasteiger partial charge in [0.1, 0.15) is 5.01 Å². The molecule has 4 heteroatoms. The van der Waals surface area contributed by atoms with Gasteiger partial charge in [0.25, 0.3) is 0 Å². The molecule has 0 amide bonds. The van der Waals surface area contributed by atoms with Crippen LogP contribution in [0.3, 0.4) is 0 Å². The zero-order valence-corrected chi connectivity index (χ0v) is 12.8. The monoisotopic (exact) mass is 267 g/mol. The van der Waals surface area contributed by atoms with Gasteiger partial charge in [0.15, 0.2) is 0 Å². The standard InChI is InChI=1S/C14H25N3S/c1-14(2,3)11-5-6-17(8-11)9-12-10-18-13(16-12)7-15-4/h10-11,15H,5-9H2,1-4H3. The summed E-state index contributed by atoms with van der Waals surface area (Å²) < 4.78 is 0. The molecule has 2 heterocycles. The normalized spacial score (nSPS) is 21.7. The van der Waals surface area contributed by atoms with E-state index in [2.05, 4.69) is 41.4 Å². The molecule has 0 saturated carbocycles. The number of rotatable bonds is 4. The average molecular weight is 267 g/mol. The molecule has 0 bridgehead atoms. The van der Waals surface area contributed by atoms with Crippen molar-refractivity contribution < 1.29 is 0 Å². The van der Waals surface area contributed by atoms with Crippen molar-refractivity contribution in [3.05, 3.63) is 16.1 Å². The van der Waals surface area contributed by atoms with E-state index in [9.17, 15) is 0 Å². The summed E-state index contributed by atoms with van der Waals surface area (Å²) in [5.74, 6) is 0.827. The van der Waals surface area contributed by atoms with Crippen molar-refractivity contribution in [2.24, 2.45) is 11.3 Å². The fourth-order valence-electron chi connectivity index (χ4n) is 2.57. The summed E-state index contributed by atoms with van der Waals surface area (Å²) in [7, 11) is 1.97. The molecule has 0 aromatic carbocycles. The van der Waals surface area contributed by atoms with Crippen LogP contribution >= 0.6 is 11.3 Å². The summed E-state index contributed by atoms with van der Waals surface area (Å²) in [6.07, 6.45) is 1.33. The molecule has 102 valence electrons. The fraction of sp³-hybridized carbons (Fsp3) is 0.786. The lowest BCUT2D eigenvalue weighted by Crippen LogP contribution is -2.25. The third-order valence-corrected chi connectivity index (χ3v) is 4.71. The van der Waals surface area contributed by atoms with Crippen LogP contribution in [0.1, 0.15) is 37.9 Å². The molecular weight excluding hydrogens is 242 g/mol. The predicted molar refractivity (Wildman–Crippen MR) is 77.7 cm³/mol. The van der Waals surface area contributed by atoms with E-state index >= 15 is 0 Å². The number of likely N-dealkylation sites (tertiary alicyclic amines) is 1. The highest BCUT2D eigenvalue weighted by Crippen LogP contribution is 2.34. The first-order valence-electron chi connectivity index (χ1n) is 6.79. The molecule has 1 atom stereocenters. The third kappa shape index (κ3) is 3.53. The molecule has 0 radical (unpaired) electrons. The smallest absolute Gasteiger partial charge is 0.107 e. The van der Waals surface area contributed by atoms with Gasteiger partial charge < -0.3 is 5.32 Å². The first kappa shape index (κ1) is 14.0. The lowest BCUT2D eigenvalue weighted by molar-refractivity contribution is 0.225. The van der Waals surface area contributed by atoms with Crippen LogP contribution in [0.25, 0.3) is 0 Å². The van der Waals surface area contributed by atoms with Gasteiger partial charge in [0.05, 0.1) is 5.69 Å². The summed E-state index contributed by atoms with van der Waals surface area (Å²) in [4.78, 5) is 7.21. The van der Waals surface area contributed by atoms with E-state index in [4.69, 9.17) is 0 Å². The summed E-state index contributed by atoms with van der Waals surface area (Å²) in [5, 5.41) is 6.55. The second kappa shape index (κ2) is 5.68. The van der Waals surface area contributed by atoms with Crippen molar-refractivity contribution in [3.63, 3.8) is 0 Å². The summed E-state index contributed by atoms with van der Waals surface area (Å²) >= 11 is 1.76. The van der Waals surface area contributed by atoms with E-state index in [-0.39, 0.29) is 0 Å². The number of hydrogen-bond acceptors (Lipinski definition) is 4. The summed E-state index contributed by atoms with van der Waals surface area (Å²) in [6, 6.07) is 0. The van der Waals surface area contributed by atoms with Crippen LogP contribution in [-0.4, -0.2) is 30.0 Å². The topological polar surface area (TPSA) is 28.2 Å². The molecule has 0 aliphatic carbocycles. The molecule has 1 aromatic rings. The Kier molecular flexibility index (Phi) is 4.41. The van der Waals surface area contributed by atoms with Crippen molar-refractivity contribution in [2.45, 2.75) is 40.3 Å². The van der Waals surface area contributed by atoms with Crippen LogP contribution in [0.2, 0.25) is 0 Å². The number of thiazole rings is 1. The maximum atomic E-state index is 4.67. The van der Waals surface area contributed by atoms with Gasteiger partial charge in [0, 0.05) is 25.0 Å². The first-order chi connectivity index (χ1) is 8.49. The van der Waals surface area contributed by atoms with Crippen LogP contribution < -0.4 is 5.32 Å². The lowest BCUT2D eigenvalue weighted by atomic mass is 9.80. The van der Waals surface area contributed by atoms with E-state index in [0.717, 1.165) is 19.0 Å². The van der Waals surface area contributed by atoms with Crippen molar-refractivity contribution in [3.8, 4) is 0 Å². The van der Waals surface area contributed by atoms with E-state index in [0.29, 0.717) is 5.41 Å². The van der Waals surface area contributed by atoms with Crippen molar-refractivity contribution in [1.29, 1.82) is 0 Å². The molecule has 1 saturated heterocycles. The Morgan fingerprint density at radius 1 is 1.50 bits per heavy atom.